The highest BCUT2D eigenvalue weighted by Crippen LogP contribution is 2.29. The third-order valence-corrected chi connectivity index (χ3v) is 6.74. The van der Waals surface area contributed by atoms with Gasteiger partial charge in [-0.3, -0.25) is 9.69 Å². The summed E-state index contributed by atoms with van der Waals surface area (Å²) < 4.78 is 0. The molecule has 1 saturated heterocycles. The molecule has 1 aliphatic heterocycles. The second kappa shape index (κ2) is 10.5. The average Bonchev–Trinajstić information content (AvgIpc) is 3.25. The number of anilines is 4. The van der Waals surface area contributed by atoms with Gasteiger partial charge in [-0.25, -0.2) is 9.97 Å². The number of aromatic nitrogens is 2. The number of nitrogens with zero attached hydrogens (tertiary/aromatic N) is 4. The van der Waals surface area contributed by atoms with Gasteiger partial charge in [0.15, 0.2) is 5.13 Å². The van der Waals surface area contributed by atoms with Crippen LogP contribution in [0.4, 0.5) is 22.3 Å². The molecule has 2 aromatic heterocycles. The molecule has 3 N–H and O–H groups in total. The molecule has 1 fully saturated rings. The van der Waals surface area contributed by atoms with Crippen LogP contribution >= 0.6 is 22.9 Å². The minimum Gasteiger partial charge on any atom is -0.395 e. The molecule has 1 amide bonds. The first kappa shape index (κ1) is 23.4. The molecule has 0 bridgehead atoms. The van der Waals surface area contributed by atoms with E-state index >= 15 is 0 Å². The minimum atomic E-state index is -0.254. The normalized spacial score (nSPS) is 14.4. The van der Waals surface area contributed by atoms with Crippen molar-refractivity contribution in [1.29, 1.82) is 0 Å². The van der Waals surface area contributed by atoms with Crippen LogP contribution in [-0.2, 0) is 0 Å². The van der Waals surface area contributed by atoms with Crippen LogP contribution in [0.5, 0.6) is 0 Å². The van der Waals surface area contributed by atoms with E-state index < -0.39 is 0 Å². The molecule has 0 spiro atoms. The van der Waals surface area contributed by atoms with Gasteiger partial charge in [0.2, 0.25) is 0 Å². The van der Waals surface area contributed by atoms with Gasteiger partial charge in [0, 0.05) is 50.2 Å². The van der Waals surface area contributed by atoms with E-state index in [-0.39, 0.29) is 12.5 Å². The zero-order chi connectivity index (χ0) is 23.4. The Morgan fingerprint density at radius 3 is 2.73 bits per heavy atom. The van der Waals surface area contributed by atoms with Crippen LogP contribution in [0, 0.1) is 13.8 Å². The number of carbonyl (C=O) groups excluding carboxylic acids is 1. The Labute approximate surface area is 202 Å². The number of aliphatic hydroxyl groups excluding tert-OH is 1. The standard InChI is InChI=1S/C23H27ClN6O2S/c1-15-4-3-5-18(24)21(15)28-22(32)19-14-25-23(33-19)27-20-13-17(12-16(2)26-20)30-8-6-29(7-9-30)10-11-31/h3-5,12-14,31H,6-11H2,1-2H3,(H,28,32)(H,25,26,27). The number of para-hydroxylation sites is 1. The van der Waals surface area contributed by atoms with Crippen LogP contribution in [0.3, 0.4) is 0 Å². The minimum absolute atomic E-state index is 0.189. The third-order valence-electron chi connectivity index (χ3n) is 5.52. The molecular weight excluding hydrogens is 460 g/mol. The van der Waals surface area contributed by atoms with Crippen molar-refractivity contribution in [1.82, 2.24) is 14.9 Å². The van der Waals surface area contributed by atoms with Crippen molar-refractivity contribution in [2.45, 2.75) is 13.8 Å². The Balaban J connectivity index is 1.43. The molecule has 0 saturated carbocycles. The van der Waals surface area contributed by atoms with Gasteiger partial charge in [-0.1, -0.05) is 35.1 Å². The van der Waals surface area contributed by atoms with Gasteiger partial charge < -0.3 is 20.6 Å². The zero-order valence-corrected chi connectivity index (χ0v) is 20.2. The maximum atomic E-state index is 12.7. The molecule has 8 nitrogen and oxygen atoms in total. The summed E-state index contributed by atoms with van der Waals surface area (Å²) in [5.41, 5.74) is 3.50. The number of carbonyl (C=O) groups is 1. The predicted octanol–water partition coefficient (Wildman–Crippen LogP) is 3.92. The van der Waals surface area contributed by atoms with Gasteiger partial charge in [0.1, 0.15) is 10.7 Å². The average molecular weight is 487 g/mol. The summed E-state index contributed by atoms with van der Waals surface area (Å²) in [4.78, 5) is 26.7. The van der Waals surface area contributed by atoms with Crippen LogP contribution in [-0.4, -0.2) is 65.2 Å². The Bertz CT molecular complexity index is 1110. The number of thiazole rings is 1. The Morgan fingerprint density at radius 2 is 2.00 bits per heavy atom. The maximum Gasteiger partial charge on any atom is 0.267 e. The molecule has 3 heterocycles. The highest BCUT2D eigenvalue weighted by atomic mass is 35.5. The first-order chi connectivity index (χ1) is 15.9. The smallest absolute Gasteiger partial charge is 0.267 e. The molecule has 0 atom stereocenters. The van der Waals surface area contributed by atoms with Crippen LogP contribution in [0.1, 0.15) is 20.9 Å². The summed E-state index contributed by atoms with van der Waals surface area (Å²) in [5, 5.41) is 16.3. The molecule has 1 aromatic carbocycles. The molecule has 0 aliphatic carbocycles. The molecule has 0 radical (unpaired) electrons. The number of aliphatic hydroxyl groups is 1. The van der Waals surface area contributed by atoms with Crippen LogP contribution < -0.4 is 15.5 Å². The molecule has 174 valence electrons. The van der Waals surface area contributed by atoms with E-state index in [2.05, 4.69) is 36.5 Å². The quantitative estimate of drug-likeness (QED) is 0.466. The van der Waals surface area contributed by atoms with Gasteiger partial charge in [0.25, 0.3) is 5.91 Å². The van der Waals surface area contributed by atoms with Crippen molar-refractivity contribution in [3.05, 3.63) is 57.7 Å². The topological polar surface area (TPSA) is 93.6 Å². The van der Waals surface area contributed by atoms with Crippen molar-refractivity contribution in [3.8, 4) is 0 Å². The van der Waals surface area contributed by atoms with Crippen molar-refractivity contribution >= 4 is 51.2 Å². The number of halogens is 1. The highest BCUT2D eigenvalue weighted by Gasteiger charge is 2.18. The molecule has 1 aliphatic rings. The molecule has 4 rings (SSSR count). The van der Waals surface area contributed by atoms with Gasteiger partial charge in [0.05, 0.1) is 23.5 Å². The van der Waals surface area contributed by atoms with E-state index in [0.717, 1.165) is 43.1 Å². The number of piperazine rings is 1. The number of hydrogen-bond acceptors (Lipinski definition) is 8. The number of hydrogen-bond donors (Lipinski definition) is 3. The van der Waals surface area contributed by atoms with Crippen molar-refractivity contribution in [3.63, 3.8) is 0 Å². The fourth-order valence-electron chi connectivity index (χ4n) is 3.78. The summed E-state index contributed by atoms with van der Waals surface area (Å²) in [5.74, 6) is 0.432. The van der Waals surface area contributed by atoms with E-state index in [1.807, 2.05) is 32.0 Å². The number of rotatable bonds is 7. The molecular formula is C23H27ClN6O2S. The van der Waals surface area contributed by atoms with E-state index in [1.54, 1.807) is 12.3 Å². The number of benzene rings is 1. The number of amides is 1. The van der Waals surface area contributed by atoms with Crippen molar-refractivity contribution < 1.29 is 9.90 Å². The van der Waals surface area contributed by atoms with E-state index in [4.69, 9.17) is 16.7 Å². The molecule has 10 heteroatoms. The van der Waals surface area contributed by atoms with Crippen molar-refractivity contribution in [2.24, 2.45) is 0 Å². The third kappa shape index (κ3) is 5.80. The lowest BCUT2D eigenvalue weighted by Crippen LogP contribution is -2.47. The lowest BCUT2D eigenvalue weighted by molar-refractivity contribution is 0.103. The Morgan fingerprint density at radius 1 is 1.21 bits per heavy atom. The maximum absolute atomic E-state index is 12.7. The van der Waals surface area contributed by atoms with Crippen molar-refractivity contribution in [2.75, 3.05) is 54.9 Å². The van der Waals surface area contributed by atoms with Crippen LogP contribution in [0.2, 0.25) is 5.02 Å². The molecule has 0 unspecified atom stereocenters. The summed E-state index contributed by atoms with van der Waals surface area (Å²) in [6.45, 7) is 8.39. The van der Waals surface area contributed by atoms with Crippen LogP contribution in [0.25, 0.3) is 0 Å². The largest absolute Gasteiger partial charge is 0.395 e. The SMILES string of the molecule is Cc1cc(N2CCN(CCO)CC2)cc(Nc2ncc(C(=O)Nc3c(C)cccc3Cl)s2)n1. The van der Waals surface area contributed by atoms with Gasteiger partial charge in [-0.15, -0.1) is 0 Å². The molecule has 33 heavy (non-hydrogen) atoms. The van der Waals surface area contributed by atoms with E-state index in [0.29, 0.717) is 33.1 Å². The first-order valence-corrected chi connectivity index (χ1v) is 12.0. The fourth-order valence-corrected chi connectivity index (χ4v) is 4.77. The number of aryl methyl sites for hydroxylation is 2. The zero-order valence-electron chi connectivity index (χ0n) is 18.6. The fraction of sp³-hybridized carbons (Fsp3) is 0.348. The Kier molecular flexibility index (Phi) is 7.44. The summed E-state index contributed by atoms with van der Waals surface area (Å²) >= 11 is 7.48. The first-order valence-electron chi connectivity index (χ1n) is 10.8. The van der Waals surface area contributed by atoms with Gasteiger partial charge >= 0.3 is 0 Å². The summed E-state index contributed by atoms with van der Waals surface area (Å²) in [6.07, 6.45) is 1.55. The second-order valence-corrected chi connectivity index (χ2v) is 9.38. The second-order valence-electron chi connectivity index (χ2n) is 7.94. The van der Waals surface area contributed by atoms with Crippen LogP contribution in [0.15, 0.2) is 36.5 Å². The lowest BCUT2D eigenvalue weighted by atomic mass is 10.2. The van der Waals surface area contributed by atoms with Gasteiger partial charge in [-0.2, -0.15) is 0 Å². The predicted molar refractivity (Wildman–Crippen MR) is 134 cm³/mol. The Hall–Kier alpha value is -2.72. The van der Waals surface area contributed by atoms with E-state index in [9.17, 15) is 4.79 Å². The number of β-amino-alcohol motifs (C(OH)–C–C–N with tert-alkyl or cyclic N) is 1. The monoisotopic (exact) mass is 486 g/mol. The summed E-state index contributed by atoms with van der Waals surface area (Å²) in [6, 6.07) is 9.56. The van der Waals surface area contributed by atoms with Gasteiger partial charge in [-0.05, 0) is 31.5 Å². The highest BCUT2D eigenvalue weighted by molar-refractivity contribution is 7.17. The summed E-state index contributed by atoms with van der Waals surface area (Å²) in [7, 11) is 0. The lowest BCUT2D eigenvalue weighted by Gasteiger charge is -2.36. The number of pyridine rings is 1. The number of nitrogens with one attached hydrogen (secondary N) is 2. The van der Waals surface area contributed by atoms with E-state index in [1.165, 1.54) is 11.3 Å². The molecule has 3 aromatic rings.